The maximum absolute atomic E-state index is 8.08. The van der Waals surface area contributed by atoms with Crippen molar-refractivity contribution in [1.82, 2.24) is 0 Å². The second kappa shape index (κ2) is 5.68. The molecule has 1 rings (SSSR count). The summed E-state index contributed by atoms with van der Waals surface area (Å²) in [5.41, 5.74) is 11.4. The summed E-state index contributed by atoms with van der Waals surface area (Å²) in [5.74, 6) is 0. The standard InChI is InChI=1S/C12H13N3/c1-10(2)12-7-5-11(6-8-12)4-3-9-14-15-13/h3-8H,1,9H2,2H3. The lowest BCUT2D eigenvalue weighted by atomic mass is 10.1. The minimum absolute atomic E-state index is 0.388. The fourth-order valence-electron chi connectivity index (χ4n) is 1.15. The van der Waals surface area contributed by atoms with Crippen LogP contribution in [0.3, 0.4) is 0 Å². The van der Waals surface area contributed by atoms with Gasteiger partial charge in [0, 0.05) is 11.5 Å². The lowest BCUT2D eigenvalue weighted by Crippen LogP contribution is -1.78. The predicted molar refractivity (Wildman–Crippen MR) is 64.2 cm³/mol. The first-order valence-corrected chi connectivity index (χ1v) is 4.67. The molecule has 0 heterocycles. The minimum Gasteiger partial charge on any atom is -0.0955 e. The number of hydrogen-bond acceptors (Lipinski definition) is 1. The van der Waals surface area contributed by atoms with Crippen molar-refractivity contribution < 1.29 is 0 Å². The highest BCUT2D eigenvalue weighted by Gasteiger charge is 1.91. The van der Waals surface area contributed by atoms with Gasteiger partial charge in [0.2, 0.25) is 0 Å². The van der Waals surface area contributed by atoms with E-state index in [0.29, 0.717) is 6.54 Å². The molecule has 1 aromatic carbocycles. The van der Waals surface area contributed by atoms with Gasteiger partial charge in [-0.05, 0) is 23.6 Å². The lowest BCUT2D eigenvalue weighted by Gasteiger charge is -1.99. The maximum atomic E-state index is 8.08. The van der Waals surface area contributed by atoms with Crippen LogP contribution in [0.4, 0.5) is 0 Å². The molecular weight excluding hydrogens is 186 g/mol. The highest BCUT2D eigenvalue weighted by molar-refractivity contribution is 5.63. The van der Waals surface area contributed by atoms with Crippen molar-refractivity contribution >= 4 is 11.6 Å². The first-order chi connectivity index (χ1) is 7.24. The van der Waals surface area contributed by atoms with Crippen LogP contribution < -0.4 is 0 Å². The van der Waals surface area contributed by atoms with Crippen molar-refractivity contribution in [2.75, 3.05) is 6.54 Å². The van der Waals surface area contributed by atoms with Gasteiger partial charge in [-0.1, -0.05) is 53.7 Å². The van der Waals surface area contributed by atoms with Crippen molar-refractivity contribution in [1.29, 1.82) is 0 Å². The summed E-state index contributed by atoms with van der Waals surface area (Å²) >= 11 is 0. The summed E-state index contributed by atoms with van der Waals surface area (Å²) in [6, 6.07) is 8.07. The van der Waals surface area contributed by atoms with Gasteiger partial charge in [-0.15, -0.1) is 0 Å². The fraction of sp³-hybridized carbons (Fsp3) is 0.167. The minimum atomic E-state index is 0.388. The maximum Gasteiger partial charge on any atom is 0.0443 e. The Kier molecular flexibility index (Phi) is 4.20. The van der Waals surface area contributed by atoms with E-state index in [1.54, 1.807) is 0 Å². The molecule has 0 saturated carbocycles. The zero-order valence-electron chi connectivity index (χ0n) is 8.72. The first kappa shape index (κ1) is 11.1. The molecule has 0 radical (unpaired) electrons. The third-order valence-corrected chi connectivity index (χ3v) is 1.96. The Morgan fingerprint density at radius 3 is 2.67 bits per heavy atom. The van der Waals surface area contributed by atoms with Crippen LogP contribution in [0.2, 0.25) is 0 Å². The molecule has 0 saturated heterocycles. The van der Waals surface area contributed by atoms with Gasteiger partial charge in [0.15, 0.2) is 0 Å². The molecule has 3 nitrogen and oxygen atoms in total. The zero-order valence-corrected chi connectivity index (χ0v) is 8.72. The molecule has 15 heavy (non-hydrogen) atoms. The zero-order chi connectivity index (χ0) is 11.1. The Labute approximate surface area is 89.4 Å². The number of nitrogens with zero attached hydrogens (tertiary/aromatic N) is 3. The van der Waals surface area contributed by atoms with Gasteiger partial charge in [-0.3, -0.25) is 0 Å². The van der Waals surface area contributed by atoms with E-state index >= 15 is 0 Å². The number of hydrogen-bond donors (Lipinski definition) is 0. The van der Waals surface area contributed by atoms with Crippen LogP contribution in [0.1, 0.15) is 18.1 Å². The summed E-state index contributed by atoms with van der Waals surface area (Å²) in [6.07, 6.45) is 3.76. The van der Waals surface area contributed by atoms with E-state index in [9.17, 15) is 0 Å². The lowest BCUT2D eigenvalue weighted by molar-refractivity contribution is 1.22. The summed E-state index contributed by atoms with van der Waals surface area (Å²) in [6.45, 7) is 6.23. The van der Waals surface area contributed by atoms with Crippen molar-refractivity contribution in [3.8, 4) is 0 Å². The summed E-state index contributed by atoms with van der Waals surface area (Å²) in [7, 11) is 0. The van der Waals surface area contributed by atoms with Gasteiger partial charge < -0.3 is 0 Å². The molecule has 0 unspecified atom stereocenters. The molecule has 0 aliphatic heterocycles. The van der Waals surface area contributed by atoms with Gasteiger partial charge in [-0.25, -0.2) is 0 Å². The largest absolute Gasteiger partial charge is 0.0955 e. The van der Waals surface area contributed by atoms with Crippen molar-refractivity contribution in [3.05, 3.63) is 58.5 Å². The molecule has 76 valence electrons. The number of benzene rings is 1. The van der Waals surface area contributed by atoms with Gasteiger partial charge in [0.25, 0.3) is 0 Å². The number of azide groups is 1. The highest BCUT2D eigenvalue weighted by atomic mass is 15.1. The van der Waals surface area contributed by atoms with Crippen LogP contribution in [-0.4, -0.2) is 6.54 Å². The molecule has 1 aromatic rings. The Bertz CT molecular complexity index is 409. The third-order valence-electron chi connectivity index (χ3n) is 1.96. The summed E-state index contributed by atoms with van der Waals surface area (Å²) in [5, 5.41) is 3.41. The summed E-state index contributed by atoms with van der Waals surface area (Å²) in [4.78, 5) is 2.67. The number of allylic oxidation sites excluding steroid dienone is 1. The van der Waals surface area contributed by atoms with E-state index in [1.807, 2.05) is 43.3 Å². The van der Waals surface area contributed by atoms with Crippen LogP contribution in [0.5, 0.6) is 0 Å². The van der Waals surface area contributed by atoms with Crippen LogP contribution in [-0.2, 0) is 0 Å². The second-order valence-corrected chi connectivity index (χ2v) is 3.22. The summed E-state index contributed by atoms with van der Waals surface area (Å²) < 4.78 is 0. The molecule has 0 atom stereocenters. The van der Waals surface area contributed by atoms with Crippen LogP contribution in [0.15, 0.2) is 42.0 Å². The SMILES string of the molecule is C=C(C)c1ccc(C=CCN=[N+]=[N-])cc1. The van der Waals surface area contributed by atoms with Gasteiger partial charge in [0.05, 0.1) is 0 Å². The van der Waals surface area contributed by atoms with E-state index in [2.05, 4.69) is 16.6 Å². The van der Waals surface area contributed by atoms with Crippen molar-refractivity contribution in [2.45, 2.75) is 6.92 Å². The van der Waals surface area contributed by atoms with E-state index in [0.717, 1.165) is 16.7 Å². The van der Waals surface area contributed by atoms with Crippen molar-refractivity contribution in [2.24, 2.45) is 5.11 Å². The number of rotatable bonds is 4. The molecular formula is C12H13N3. The Hall–Kier alpha value is -1.99. The average molecular weight is 199 g/mol. The van der Waals surface area contributed by atoms with Crippen molar-refractivity contribution in [3.63, 3.8) is 0 Å². The van der Waals surface area contributed by atoms with Crippen LogP contribution >= 0.6 is 0 Å². The van der Waals surface area contributed by atoms with Gasteiger partial charge in [0.1, 0.15) is 0 Å². The van der Waals surface area contributed by atoms with Gasteiger partial charge >= 0.3 is 0 Å². The Morgan fingerprint density at radius 1 is 1.47 bits per heavy atom. The average Bonchev–Trinajstić information content (AvgIpc) is 2.25. The predicted octanol–water partition coefficient (Wildman–Crippen LogP) is 4.04. The van der Waals surface area contributed by atoms with Crippen LogP contribution in [0.25, 0.3) is 22.1 Å². The van der Waals surface area contributed by atoms with E-state index in [1.165, 1.54) is 0 Å². The fourth-order valence-corrected chi connectivity index (χ4v) is 1.15. The normalized spacial score (nSPS) is 9.93. The Balaban J connectivity index is 2.68. The van der Waals surface area contributed by atoms with Gasteiger partial charge in [-0.2, -0.15) is 0 Å². The first-order valence-electron chi connectivity index (χ1n) is 4.67. The van der Waals surface area contributed by atoms with E-state index in [-0.39, 0.29) is 0 Å². The molecule has 0 bridgehead atoms. The van der Waals surface area contributed by atoms with E-state index < -0.39 is 0 Å². The molecule has 0 aliphatic carbocycles. The molecule has 0 aliphatic rings. The second-order valence-electron chi connectivity index (χ2n) is 3.22. The third kappa shape index (κ3) is 3.71. The van der Waals surface area contributed by atoms with Crippen LogP contribution in [0, 0.1) is 0 Å². The monoisotopic (exact) mass is 199 g/mol. The topological polar surface area (TPSA) is 48.8 Å². The quantitative estimate of drug-likeness (QED) is 0.399. The molecule has 0 amide bonds. The molecule has 3 heteroatoms. The Morgan fingerprint density at radius 2 is 2.13 bits per heavy atom. The molecule has 0 spiro atoms. The molecule has 0 fully saturated rings. The molecule has 0 N–H and O–H groups in total. The highest BCUT2D eigenvalue weighted by Crippen LogP contribution is 2.12. The smallest absolute Gasteiger partial charge is 0.0443 e. The molecule has 0 aromatic heterocycles. The van der Waals surface area contributed by atoms with E-state index in [4.69, 9.17) is 5.53 Å².